The molecular weight excluding hydrogens is 272 g/mol. The molecule has 0 bridgehead atoms. The van der Waals surface area contributed by atoms with Crippen molar-refractivity contribution in [2.75, 3.05) is 0 Å². The highest BCUT2D eigenvalue weighted by Crippen LogP contribution is 2.29. The van der Waals surface area contributed by atoms with Gasteiger partial charge in [0.2, 0.25) is 0 Å². The first-order valence-corrected chi connectivity index (χ1v) is 7.30. The molecule has 3 aromatic carbocycles. The predicted molar refractivity (Wildman–Crippen MR) is 89.9 cm³/mol. The van der Waals surface area contributed by atoms with Crippen LogP contribution in [0.3, 0.4) is 0 Å². The molecule has 0 saturated heterocycles. The van der Waals surface area contributed by atoms with E-state index < -0.39 is 0 Å². The molecule has 2 aromatic heterocycles. The van der Waals surface area contributed by atoms with Crippen molar-refractivity contribution >= 4 is 38.2 Å². The van der Waals surface area contributed by atoms with Crippen molar-refractivity contribution in [3.8, 4) is 0 Å². The van der Waals surface area contributed by atoms with Gasteiger partial charge in [-0.25, -0.2) is 4.98 Å². The van der Waals surface area contributed by atoms with Crippen LogP contribution in [-0.4, -0.2) is 9.38 Å². The van der Waals surface area contributed by atoms with Crippen molar-refractivity contribution in [3.63, 3.8) is 0 Å². The number of benzene rings is 3. The van der Waals surface area contributed by atoms with Crippen molar-refractivity contribution < 1.29 is 0 Å². The Bertz CT molecular complexity index is 1250. The van der Waals surface area contributed by atoms with Crippen LogP contribution in [0.25, 0.3) is 38.2 Å². The van der Waals surface area contributed by atoms with E-state index in [-0.39, 0.29) is 5.56 Å². The fourth-order valence-corrected chi connectivity index (χ4v) is 3.40. The fourth-order valence-electron chi connectivity index (χ4n) is 3.40. The zero-order valence-electron chi connectivity index (χ0n) is 12.0. The lowest BCUT2D eigenvalue weighted by molar-refractivity contribution is 1.19. The molecule has 0 saturated carbocycles. The van der Waals surface area contributed by atoms with Gasteiger partial charge in [-0.3, -0.25) is 9.20 Å². The summed E-state index contributed by atoms with van der Waals surface area (Å²) in [5.74, 6) is 0. The molecule has 0 aliphatic heterocycles. The highest BCUT2D eigenvalue weighted by Gasteiger charge is 2.15. The quantitative estimate of drug-likeness (QED) is 0.432. The number of hydrogen-bond donors (Lipinski definition) is 0. The average Bonchev–Trinajstić information content (AvgIpc) is 2.91. The van der Waals surface area contributed by atoms with Crippen LogP contribution in [0, 0.1) is 6.92 Å². The monoisotopic (exact) mass is 284 g/mol. The van der Waals surface area contributed by atoms with Crippen LogP contribution >= 0.6 is 0 Å². The fraction of sp³-hybridized carbons (Fsp3) is 0.0526. The Morgan fingerprint density at radius 2 is 1.73 bits per heavy atom. The number of hydrogen-bond acceptors (Lipinski definition) is 2. The SMILES string of the molecule is Cc1ccc2c(c1)nc1c3cccc4cccc(c(=O)n21)c43. The van der Waals surface area contributed by atoms with Crippen LogP contribution in [0.4, 0.5) is 0 Å². The topological polar surface area (TPSA) is 34.4 Å². The van der Waals surface area contributed by atoms with Gasteiger partial charge in [-0.1, -0.05) is 36.4 Å². The Morgan fingerprint density at radius 1 is 0.955 bits per heavy atom. The summed E-state index contributed by atoms with van der Waals surface area (Å²) in [6.07, 6.45) is 0. The summed E-state index contributed by atoms with van der Waals surface area (Å²) < 4.78 is 1.74. The van der Waals surface area contributed by atoms with E-state index in [0.717, 1.165) is 43.8 Å². The maximum absolute atomic E-state index is 13.0. The molecule has 0 unspecified atom stereocenters. The van der Waals surface area contributed by atoms with Crippen molar-refractivity contribution in [1.82, 2.24) is 9.38 Å². The summed E-state index contributed by atoms with van der Waals surface area (Å²) in [7, 11) is 0. The second-order valence-electron chi connectivity index (χ2n) is 5.78. The van der Waals surface area contributed by atoms with E-state index in [4.69, 9.17) is 4.98 Å². The van der Waals surface area contributed by atoms with E-state index in [0.29, 0.717) is 0 Å². The molecule has 0 atom stereocenters. The molecule has 0 aliphatic rings. The van der Waals surface area contributed by atoms with Crippen LogP contribution in [0.15, 0.2) is 59.4 Å². The first kappa shape index (κ1) is 11.7. The summed E-state index contributed by atoms with van der Waals surface area (Å²) >= 11 is 0. The van der Waals surface area contributed by atoms with Gasteiger partial charge in [-0.15, -0.1) is 0 Å². The molecular formula is C19H12N2O. The van der Waals surface area contributed by atoms with Gasteiger partial charge in [0.05, 0.1) is 11.0 Å². The summed E-state index contributed by atoms with van der Waals surface area (Å²) in [6.45, 7) is 2.04. The number of aromatic nitrogens is 2. The lowest BCUT2D eigenvalue weighted by Gasteiger charge is -2.06. The third-order valence-corrected chi connectivity index (χ3v) is 4.39. The van der Waals surface area contributed by atoms with Crippen molar-refractivity contribution in [3.05, 3.63) is 70.5 Å². The van der Waals surface area contributed by atoms with E-state index >= 15 is 0 Å². The Balaban J connectivity index is 2.22. The van der Waals surface area contributed by atoms with Crippen molar-refractivity contribution in [1.29, 1.82) is 0 Å². The lowest BCUT2D eigenvalue weighted by atomic mass is 10.0. The molecule has 0 N–H and O–H groups in total. The second-order valence-corrected chi connectivity index (χ2v) is 5.78. The zero-order chi connectivity index (χ0) is 14.8. The van der Waals surface area contributed by atoms with Gasteiger partial charge in [-0.2, -0.15) is 0 Å². The van der Waals surface area contributed by atoms with Crippen LogP contribution in [0.1, 0.15) is 5.56 Å². The van der Waals surface area contributed by atoms with Crippen LogP contribution in [-0.2, 0) is 0 Å². The first-order chi connectivity index (χ1) is 10.7. The van der Waals surface area contributed by atoms with Gasteiger partial charge >= 0.3 is 0 Å². The normalized spacial score (nSPS) is 12.0. The minimum Gasteiger partial charge on any atom is -0.268 e. The molecule has 2 heterocycles. The van der Waals surface area contributed by atoms with E-state index in [1.807, 2.05) is 61.5 Å². The number of nitrogens with zero attached hydrogens (tertiary/aromatic N) is 2. The summed E-state index contributed by atoms with van der Waals surface area (Å²) in [6, 6.07) is 18.0. The van der Waals surface area contributed by atoms with Crippen LogP contribution in [0.2, 0.25) is 0 Å². The Labute approximate surface area is 125 Å². The van der Waals surface area contributed by atoms with E-state index in [1.165, 1.54) is 0 Å². The third kappa shape index (κ3) is 1.31. The van der Waals surface area contributed by atoms with Gasteiger partial charge < -0.3 is 0 Å². The molecule has 0 fully saturated rings. The van der Waals surface area contributed by atoms with Crippen LogP contribution in [0.5, 0.6) is 0 Å². The van der Waals surface area contributed by atoms with Gasteiger partial charge in [0, 0.05) is 16.2 Å². The summed E-state index contributed by atoms with van der Waals surface area (Å²) in [5.41, 5.74) is 3.64. The number of pyridine rings is 1. The van der Waals surface area contributed by atoms with E-state index in [9.17, 15) is 4.79 Å². The molecule has 0 radical (unpaired) electrons. The predicted octanol–water partition coefficient (Wildman–Crippen LogP) is 3.90. The number of rotatable bonds is 0. The first-order valence-electron chi connectivity index (χ1n) is 7.30. The summed E-state index contributed by atoms with van der Waals surface area (Å²) in [5, 5.41) is 3.87. The third-order valence-electron chi connectivity index (χ3n) is 4.39. The minimum atomic E-state index is 0.00523. The average molecular weight is 284 g/mol. The van der Waals surface area contributed by atoms with Gasteiger partial charge in [0.25, 0.3) is 5.56 Å². The van der Waals surface area contributed by atoms with E-state index in [2.05, 4.69) is 0 Å². The van der Waals surface area contributed by atoms with Crippen LogP contribution < -0.4 is 5.56 Å². The number of aryl methyl sites for hydroxylation is 1. The summed E-state index contributed by atoms with van der Waals surface area (Å²) in [4.78, 5) is 17.7. The molecule has 5 rings (SSSR count). The smallest absolute Gasteiger partial charge is 0.264 e. The standard InChI is InChI=1S/C19H12N2O/c1-11-8-9-16-15(10-11)20-18-13-6-2-4-12-5-3-7-14(17(12)13)19(22)21(16)18/h2-10H,1H3. The largest absolute Gasteiger partial charge is 0.268 e. The van der Waals surface area contributed by atoms with Crippen molar-refractivity contribution in [2.24, 2.45) is 0 Å². The Kier molecular flexibility index (Phi) is 2.03. The molecule has 0 amide bonds. The van der Waals surface area contributed by atoms with Gasteiger partial charge in [-0.05, 0) is 36.1 Å². The maximum atomic E-state index is 13.0. The molecule has 104 valence electrons. The van der Waals surface area contributed by atoms with E-state index in [1.54, 1.807) is 4.40 Å². The highest BCUT2D eigenvalue weighted by atomic mass is 16.1. The van der Waals surface area contributed by atoms with Crippen molar-refractivity contribution in [2.45, 2.75) is 6.92 Å². The molecule has 3 heteroatoms. The highest BCUT2D eigenvalue weighted by molar-refractivity contribution is 6.15. The number of fused-ring (bicyclic) bond motifs is 4. The zero-order valence-corrected chi connectivity index (χ0v) is 12.0. The molecule has 22 heavy (non-hydrogen) atoms. The van der Waals surface area contributed by atoms with Gasteiger partial charge in [0.15, 0.2) is 0 Å². The Morgan fingerprint density at radius 3 is 2.55 bits per heavy atom. The molecule has 5 aromatic rings. The number of imidazole rings is 1. The molecule has 0 aliphatic carbocycles. The lowest BCUT2D eigenvalue weighted by Crippen LogP contribution is -2.13. The molecule has 0 spiro atoms. The van der Waals surface area contributed by atoms with Gasteiger partial charge in [0.1, 0.15) is 5.65 Å². The second kappa shape index (κ2) is 3.83. The maximum Gasteiger partial charge on any atom is 0.264 e. The Hall–Kier alpha value is -2.94. The minimum absolute atomic E-state index is 0.00523. The molecule has 3 nitrogen and oxygen atoms in total.